The van der Waals surface area contributed by atoms with Gasteiger partial charge in [-0.15, -0.1) is 0 Å². The number of carbonyl (C=O) groups is 4. The minimum absolute atomic E-state index is 0.164. The number of hydrogen-bond donors (Lipinski definition) is 3. The standard InChI is InChI=1S/C23H25N5O4/c29-19(7-4-14-28-21(31)23(27-22(28)32)10-1-2-11-23)25-17-5-3-6-18(15-17)26-20(30)16-8-12-24-13-9-16/h3,5-6,8-9,12-13,15H,1-2,4,7,10-11,14H2,(H,25,29)(H,26,30)(H,27,32). The molecule has 166 valence electrons. The lowest BCUT2D eigenvalue weighted by Gasteiger charge is -2.19. The van der Waals surface area contributed by atoms with Crippen LogP contribution in [0.2, 0.25) is 0 Å². The zero-order valence-electron chi connectivity index (χ0n) is 17.6. The Morgan fingerprint density at radius 3 is 2.44 bits per heavy atom. The Morgan fingerprint density at radius 1 is 1.03 bits per heavy atom. The number of aromatic nitrogens is 1. The molecule has 1 spiro atoms. The summed E-state index contributed by atoms with van der Waals surface area (Å²) in [6.45, 7) is 0.210. The maximum atomic E-state index is 12.6. The van der Waals surface area contributed by atoms with Crippen molar-refractivity contribution in [3.8, 4) is 0 Å². The second-order valence-corrected chi connectivity index (χ2v) is 8.10. The van der Waals surface area contributed by atoms with Gasteiger partial charge in [0.25, 0.3) is 11.8 Å². The predicted molar refractivity (Wildman–Crippen MR) is 118 cm³/mol. The Kier molecular flexibility index (Phi) is 6.16. The van der Waals surface area contributed by atoms with Gasteiger partial charge in [-0.25, -0.2) is 4.79 Å². The van der Waals surface area contributed by atoms with Crippen LogP contribution in [0.3, 0.4) is 0 Å². The fraction of sp³-hybridized carbons (Fsp3) is 0.348. The SMILES string of the molecule is O=C(CCCN1C(=O)NC2(CCCC2)C1=O)Nc1cccc(NC(=O)c2ccncc2)c1. The molecule has 2 heterocycles. The second-order valence-electron chi connectivity index (χ2n) is 8.10. The molecule has 1 saturated heterocycles. The number of imide groups is 1. The van der Waals surface area contributed by atoms with E-state index in [1.54, 1.807) is 48.8 Å². The van der Waals surface area contributed by atoms with E-state index in [9.17, 15) is 19.2 Å². The van der Waals surface area contributed by atoms with Crippen LogP contribution in [0.25, 0.3) is 0 Å². The monoisotopic (exact) mass is 435 g/mol. The highest BCUT2D eigenvalue weighted by molar-refractivity contribution is 6.07. The maximum absolute atomic E-state index is 12.6. The quantitative estimate of drug-likeness (QED) is 0.578. The van der Waals surface area contributed by atoms with E-state index >= 15 is 0 Å². The van der Waals surface area contributed by atoms with E-state index in [2.05, 4.69) is 20.9 Å². The number of nitrogens with zero attached hydrogens (tertiary/aromatic N) is 2. The highest BCUT2D eigenvalue weighted by Crippen LogP contribution is 2.35. The first-order valence-corrected chi connectivity index (χ1v) is 10.7. The molecule has 0 atom stereocenters. The van der Waals surface area contributed by atoms with Crippen molar-refractivity contribution in [2.75, 3.05) is 17.2 Å². The number of anilines is 2. The van der Waals surface area contributed by atoms with Crippen molar-refractivity contribution in [3.63, 3.8) is 0 Å². The summed E-state index contributed by atoms with van der Waals surface area (Å²) < 4.78 is 0. The number of pyridine rings is 1. The van der Waals surface area contributed by atoms with Crippen molar-refractivity contribution in [1.82, 2.24) is 15.2 Å². The molecular formula is C23H25N5O4. The van der Waals surface area contributed by atoms with E-state index < -0.39 is 5.54 Å². The molecule has 0 bridgehead atoms. The van der Waals surface area contributed by atoms with Gasteiger partial charge in [-0.3, -0.25) is 24.3 Å². The molecule has 5 amide bonds. The minimum Gasteiger partial charge on any atom is -0.326 e. The van der Waals surface area contributed by atoms with Crippen molar-refractivity contribution in [1.29, 1.82) is 0 Å². The molecule has 1 aliphatic carbocycles. The van der Waals surface area contributed by atoms with Crippen LogP contribution in [0.4, 0.5) is 16.2 Å². The fourth-order valence-corrected chi connectivity index (χ4v) is 4.20. The Labute approximate surface area is 185 Å². The van der Waals surface area contributed by atoms with Crippen LogP contribution < -0.4 is 16.0 Å². The maximum Gasteiger partial charge on any atom is 0.325 e. The van der Waals surface area contributed by atoms with Gasteiger partial charge >= 0.3 is 6.03 Å². The predicted octanol–water partition coefficient (Wildman–Crippen LogP) is 2.92. The average Bonchev–Trinajstić information content (AvgIpc) is 3.34. The van der Waals surface area contributed by atoms with Crippen molar-refractivity contribution >= 4 is 35.1 Å². The molecule has 2 fully saturated rings. The van der Waals surface area contributed by atoms with E-state index in [4.69, 9.17) is 0 Å². The molecule has 1 aromatic carbocycles. The smallest absolute Gasteiger partial charge is 0.325 e. The summed E-state index contributed by atoms with van der Waals surface area (Å²) >= 11 is 0. The molecule has 32 heavy (non-hydrogen) atoms. The van der Waals surface area contributed by atoms with Crippen LogP contribution in [0, 0.1) is 0 Å². The molecule has 9 nitrogen and oxygen atoms in total. The molecule has 1 saturated carbocycles. The molecule has 1 aromatic heterocycles. The van der Waals surface area contributed by atoms with Crippen molar-refractivity contribution in [2.45, 2.75) is 44.1 Å². The van der Waals surface area contributed by atoms with E-state index in [0.29, 0.717) is 36.2 Å². The normalized spacial score (nSPS) is 16.8. The highest BCUT2D eigenvalue weighted by atomic mass is 16.2. The summed E-state index contributed by atoms with van der Waals surface area (Å²) in [6.07, 6.45) is 6.86. The molecule has 4 rings (SSSR count). The van der Waals surface area contributed by atoms with Crippen molar-refractivity contribution in [2.24, 2.45) is 0 Å². The summed E-state index contributed by atoms with van der Waals surface area (Å²) in [4.78, 5) is 54.6. The highest BCUT2D eigenvalue weighted by Gasteiger charge is 2.52. The Balaban J connectivity index is 1.26. The van der Waals surface area contributed by atoms with Gasteiger partial charge in [-0.2, -0.15) is 0 Å². The summed E-state index contributed by atoms with van der Waals surface area (Å²) in [5.41, 5.74) is 0.850. The number of hydrogen-bond acceptors (Lipinski definition) is 5. The number of urea groups is 1. The largest absolute Gasteiger partial charge is 0.326 e. The first-order valence-electron chi connectivity index (χ1n) is 10.7. The van der Waals surface area contributed by atoms with Crippen molar-refractivity contribution in [3.05, 3.63) is 54.4 Å². The van der Waals surface area contributed by atoms with Crippen LogP contribution in [0.5, 0.6) is 0 Å². The molecular weight excluding hydrogens is 410 g/mol. The zero-order chi connectivity index (χ0) is 22.6. The molecule has 2 aromatic rings. The van der Waals surface area contributed by atoms with E-state index in [-0.39, 0.29) is 36.7 Å². The third kappa shape index (κ3) is 4.61. The summed E-state index contributed by atoms with van der Waals surface area (Å²) in [7, 11) is 0. The van der Waals surface area contributed by atoms with Crippen LogP contribution in [0.1, 0.15) is 48.9 Å². The summed E-state index contributed by atoms with van der Waals surface area (Å²) in [6, 6.07) is 9.70. The van der Waals surface area contributed by atoms with Gasteiger partial charge in [0.15, 0.2) is 0 Å². The van der Waals surface area contributed by atoms with Crippen LogP contribution in [-0.2, 0) is 9.59 Å². The summed E-state index contributed by atoms with van der Waals surface area (Å²) in [5.74, 6) is -0.673. The third-order valence-corrected chi connectivity index (χ3v) is 5.84. The topological polar surface area (TPSA) is 121 Å². The molecule has 0 radical (unpaired) electrons. The number of nitrogens with one attached hydrogen (secondary N) is 3. The Morgan fingerprint density at radius 2 is 1.72 bits per heavy atom. The number of benzene rings is 1. The van der Waals surface area contributed by atoms with Crippen LogP contribution in [0.15, 0.2) is 48.8 Å². The average molecular weight is 435 g/mol. The number of amides is 5. The van der Waals surface area contributed by atoms with Gasteiger partial charge in [0.1, 0.15) is 5.54 Å². The zero-order valence-corrected chi connectivity index (χ0v) is 17.6. The number of rotatable bonds is 7. The molecule has 2 aliphatic rings. The lowest BCUT2D eigenvalue weighted by atomic mass is 9.98. The lowest BCUT2D eigenvalue weighted by Crippen LogP contribution is -2.44. The van der Waals surface area contributed by atoms with Gasteiger partial charge in [0.05, 0.1) is 0 Å². The van der Waals surface area contributed by atoms with E-state index in [1.807, 2.05) is 0 Å². The first-order chi connectivity index (χ1) is 15.5. The molecule has 0 unspecified atom stereocenters. The van der Waals surface area contributed by atoms with Gasteiger partial charge in [0.2, 0.25) is 5.91 Å². The van der Waals surface area contributed by atoms with Crippen molar-refractivity contribution < 1.29 is 19.2 Å². The van der Waals surface area contributed by atoms with E-state index in [0.717, 1.165) is 12.8 Å². The molecule has 9 heteroatoms. The van der Waals surface area contributed by atoms with Gasteiger partial charge in [-0.05, 0) is 49.6 Å². The Bertz CT molecular complexity index is 1030. The number of carbonyl (C=O) groups excluding carboxylic acids is 4. The minimum atomic E-state index is -0.722. The lowest BCUT2D eigenvalue weighted by molar-refractivity contribution is -0.131. The fourth-order valence-electron chi connectivity index (χ4n) is 4.20. The third-order valence-electron chi connectivity index (χ3n) is 5.84. The first kappa shape index (κ1) is 21.5. The van der Waals surface area contributed by atoms with Gasteiger partial charge in [-0.1, -0.05) is 18.9 Å². The van der Waals surface area contributed by atoms with Gasteiger partial charge in [0, 0.05) is 42.3 Å². The van der Waals surface area contributed by atoms with E-state index in [1.165, 1.54) is 4.90 Å². The molecule has 1 aliphatic heterocycles. The summed E-state index contributed by atoms with van der Waals surface area (Å²) in [5, 5.41) is 8.41. The molecule has 3 N–H and O–H groups in total. The van der Waals surface area contributed by atoms with Crippen LogP contribution >= 0.6 is 0 Å². The van der Waals surface area contributed by atoms with Crippen LogP contribution in [-0.4, -0.2) is 45.7 Å². The van der Waals surface area contributed by atoms with Gasteiger partial charge < -0.3 is 16.0 Å². The second kappa shape index (κ2) is 9.17. The Hall–Kier alpha value is -3.75.